The Kier molecular flexibility index (Phi) is 5.08. The Bertz CT molecular complexity index is 574. The van der Waals surface area contributed by atoms with E-state index in [0.717, 1.165) is 19.3 Å². The summed E-state index contributed by atoms with van der Waals surface area (Å²) < 4.78 is 34.7. The highest BCUT2D eigenvalue weighted by atomic mass is 32.2. The Balaban J connectivity index is 2.11. The van der Waals surface area contributed by atoms with Gasteiger partial charge in [0.25, 0.3) is 0 Å². The van der Waals surface area contributed by atoms with E-state index in [-0.39, 0.29) is 18.0 Å². The van der Waals surface area contributed by atoms with Gasteiger partial charge in [-0.2, -0.15) is 0 Å². The van der Waals surface area contributed by atoms with Gasteiger partial charge in [-0.25, -0.2) is 13.1 Å². The third kappa shape index (κ3) is 3.85. The highest BCUT2D eigenvalue weighted by Gasteiger charge is 2.31. The van der Waals surface area contributed by atoms with Crippen LogP contribution in [-0.4, -0.2) is 36.8 Å². The van der Waals surface area contributed by atoms with Gasteiger partial charge in [-0.3, -0.25) is 0 Å². The minimum Gasteiger partial charge on any atom is -0.390 e. The first-order valence-electron chi connectivity index (χ1n) is 7.34. The molecule has 0 radical (unpaired) electrons. The molecule has 1 aliphatic rings. The Labute approximate surface area is 126 Å². The van der Waals surface area contributed by atoms with Crippen molar-refractivity contribution in [1.29, 1.82) is 0 Å². The predicted octanol–water partition coefficient (Wildman–Crippen LogP) is 1.24. The summed E-state index contributed by atoms with van der Waals surface area (Å²) in [6.07, 6.45) is 4.27. The van der Waals surface area contributed by atoms with Gasteiger partial charge in [0.05, 0.1) is 17.1 Å². The Morgan fingerprint density at radius 1 is 1.52 bits per heavy atom. The first-order valence-corrected chi connectivity index (χ1v) is 8.82. The lowest BCUT2D eigenvalue weighted by Gasteiger charge is -2.23. The molecule has 2 heterocycles. The van der Waals surface area contributed by atoms with Gasteiger partial charge in [0.1, 0.15) is 0 Å². The number of hydrogen-bond donors (Lipinski definition) is 2. The molecule has 1 aromatic rings. The number of hydrogen-bond acceptors (Lipinski definition) is 4. The molecule has 1 aromatic heterocycles. The van der Waals surface area contributed by atoms with E-state index in [4.69, 9.17) is 4.74 Å². The quantitative estimate of drug-likeness (QED) is 0.793. The zero-order chi connectivity index (χ0) is 15.5. The molecule has 0 bridgehead atoms. The number of nitrogens with zero attached hydrogens (tertiary/aromatic N) is 1. The molecule has 1 saturated heterocycles. The second kappa shape index (κ2) is 6.48. The molecule has 0 saturated carbocycles. The first kappa shape index (κ1) is 16.5. The van der Waals surface area contributed by atoms with Crippen LogP contribution in [0.1, 0.15) is 38.8 Å². The molecular formula is C14H24N2O4S. The van der Waals surface area contributed by atoms with Crippen LogP contribution in [-0.2, 0) is 27.9 Å². The number of ether oxygens (including phenoxy) is 1. The van der Waals surface area contributed by atoms with E-state index in [1.807, 2.05) is 13.8 Å². The van der Waals surface area contributed by atoms with Gasteiger partial charge < -0.3 is 14.4 Å². The van der Waals surface area contributed by atoms with Crippen LogP contribution in [0.2, 0.25) is 0 Å². The van der Waals surface area contributed by atoms with Crippen LogP contribution >= 0.6 is 0 Å². The highest BCUT2D eigenvalue weighted by Crippen LogP contribution is 2.25. The zero-order valence-electron chi connectivity index (χ0n) is 12.6. The van der Waals surface area contributed by atoms with E-state index in [2.05, 4.69) is 4.72 Å². The maximum absolute atomic E-state index is 12.4. The second-order valence-electron chi connectivity index (χ2n) is 5.75. The number of aliphatic hydroxyl groups excluding tert-OH is 1. The molecule has 6 nitrogen and oxygen atoms in total. The van der Waals surface area contributed by atoms with Gasteiger partial charge in [0.2, 0.25) is 10.0 Å². The van der Waals surface area contributed by atoms with Gasteiger partial charge in [-0.15, -0.1) is 0 Å². The predicted molar refractivity (Wildman–Crippen MR) is 79.4 cm³/mol. The second-order valence-corrected chi connectivity index (χ2v) is 7.51. The monoisotopic (exact) mass is 316 g/mol. The summed E-state index contributed by atoms with van der Waals surface area (Å²) in [4.78, 5) is 0.196. The summed E-state index contributed by atoms with van der Waals surface area (Å²) in [5.74, 6) is 0. The van der Waals surface area contributed by atoms with Crippen LogP contribution < -0.4 is 4.72 Å². The Morgan fingerprint density at radius 3 is 2.86 bits per heavy atom. The third-order valence-corrected chi connectivity index (χ3v) is 5.20. The molecular weight excluding hydrogens is 292 g/mol. The fourth-order valence-corrected chi connectivity index (χ4v) is 3.78. The largest absolute Gasteiger partial charge is 0.390 e. The fraction of sp³-hybridized carbons (Fsp3) is 0.714. The van der Waals surface area contributed by atoms with Crippen LogP contribution in [0.5, 0.6) is 0 Å². The molecule has 120 valence electrons. The molecule has 2 N–H and O–H groups in total. The van der Waals surface area contributed by atoms with Crippen molar-refractivity contribution in [1.82, 2.24) is 9.29 Å². The lowest BCUT2D eigenvalue weighted by molar-refractivity contribution is 0.0250. The molecule has 0 spiro atoms. The lowest BCUT2D eigenvalue weighted by Crippen LogP contribution is -2.39. The summed E-state index contributed by atoms with van der Waals surface area (Å²) >= 11 is 0. The number of sulfonamides is 1. The van der Waals surface area contributed by atoms with Gasteiger partial charge in [0, 0.05) is 31.6 Å². The van der Waals surface area contributed by atoms with Gasteiger partial charge >= 0.3 is 0 Å². The molecule has 0 amide bonds. The minimum absolute atomic E-state index is 0.170. The summed E-state index contributed by atoms with van der Waals surface area (Å²) in [5, 5.41) is 9.31. The third-order valence-electron chi connectivity index (χ3n) is 3.83. The van der Waals surface area contributed by atoms with Crippen LogP contribution in [0.15, 0.2) is 17.2 Å². The number of aryl methyl sites for hydroxylation is 1. The van der Waals surface area contributed by atoms with E-state index in [9.17, 15) is 13.5 Å². The van der Waals surface area contributed by atoms with Crippen molar-refractivity contribution < 1.29 is 18.3 Å². The van der Waals surface area contributed by atoms with Crippen LogP contribution in [0.25, 0.3) is 0 Å². The number of aromatic nitrogens is 1. The molecule has 1 atom stereocenters. The molecule has 2 rings (SSSR count). The average molecular weight is 316 g/mol. The summed E-state index contributed by atoms with van der Waals surface area (Å²) in [5.41, 5.74) is 0.194. The van der Waals surface area contributed by atoms with Gasteiger partial charge in [0.15, 0.2) is 0 Å². The Morgan fingerprint density at radius 2 is 2.29 bits per heavy atom. The number of nitrogens with one attached hydrogen (secondary N) is 1. The molecule has 1 unspecified atom stereocenters. The maximum Gasteiger partial charge on any atom is 0.242 e. The van der Waals surface area contributed by atoms with Crippen molar-refractivity contribution >= 4 is 10.0 Å². The van der Waals surface area contributed by atoms with E-state index in [1.54, 1.807) is 10.8 Å². The van der Waals surface area contributed by atoms with Crippen molar-refractivity contribution in [3.05, 3.63) is 18.0 Å². The van der Waals surface area contributed by atoms with E-state index >= 15 is 0 Å². The standard InChI is InChI=1S/C14H24N2O4S/c1-3-6-16-9-13(8-12(16)10-17)21(18,19)15-11-14(2)5-4-7-20-14/h8-9,15,17H,3-7,10-11H2,1-2H3. The smallest absolute Gasteiger partial charge is 0.242 e. The van der Waals surface area contributed by atoms with E-state index in [1.165, 1.54) is 6.07 Å². The molecule has 0 aliphatic carbocycles. The maximum atomic E-state index is 12.4. The van der Waals surface area contributed by atoms with E-state index < -0.39 is 15.6 Å². The average Bonchev–Trinajstić information content (AvgIpc) is 3.05. The number of aliphatic hydroxyl groups is 1. The molecule has 1 aliphatic heterocycles. The molecule has 21 heavy (non-hydrogen) atoms. The summed E-state index contributed by atoms with van der Waals surface area (Å²) in [6, 6.07) is 1.52. The summed E-state index contributed by atoms with van der Waals surface area (Å²) in [6.45, 7) is 5.39. The van der Waals surface area contributed by atoms with Crippen LogP contribution in [0.3, 0.4) is 0 Å². The minimum atomic E-state index is -3.58. The van der Waals surface area contributed by atoms with Crippen LogP contribution in [0, 0.1) is 0 Å². The topological polar surface area (TPSA) is 80.6 Å². The lowest BCUT2D eigenvalue weighted by atomic mass is 10.0. The highest BCUT2D eigenvalue weighted by molar-refractivity contribution is 7.89. The van der Waals surface area contributed by atoms with Crippen molar-refractivity contribution in [2.24, 2.45) is 0 Å². The molecule has 0 aromatic carbocycles. The van der Waals surface area contributed by atoms with Gasteiger partial charge in [-0.05, 0) is 32.3 Å². The van der Waals surface area contributed by atoms with Crippen LogP contribution in [0.4, 0.5) is 0 Å². The first-order chi connectivity index (χ1) is 9.90. The van der Waals surface area contributed by atoms with Crippen molar-refractivity contribution in [3.8, 4) is 0 Å². The normalized spacial score (nSPS) is 22.8. The number of rotatable bonds is 7. The molecule has 7 heteroatoms. The van der Waals surface area contributed by atoms with Crippen molar-refractivity contribution in [2.75, 3.05) is 13.2 Å². The zero-order valence-corrected chi connectivity index (χ0v) is 13.4. The molecule has 1 fully saturated rings. The van der Waals surface area contributed by atoms with Crippen molar-refractivity contribution in [3.63, 3.8) is 0 Å². The summed E-state index contributed by atoms with van der Waals surface area (Å²) in [7, 11) is -3.58. The SMILES string of the molecule is CCCn1cc(S(=O)(=O)NCC2(C)CCCO2)cc1CO. The van der Waals surface area contributed by atoms with Gasteiger partial charge in [-0.1, -0.05) is 6.92 Å². The fourth-order valence-electron chi connectivity index (χ4n) is 2.56. The Hall–Kier alpha value is -0.890. The van der Waals surface area contributed by atoms with Crippen molar-refractivity contribution in [2.45, 2.75) is 56.8 Å². The van der Waals surface area contributed by atoms with E-state index in [0.29, 0.717) is 18.8 Å².